The minimum Gasteiger partial charge on any atom is -0.492 e. The van der Waals surface area contributed by atoms with Gasteiger partial charge in [0.1, 0.15) is 38.8 Å². The van der Waals surface area contributed by atoms with Crippen molar-refractivity contribution in [3.63, 3.8) is 0 Å². The number of unbranched alkanes of at least 4 members (excludes halogenated alkanes) is 18. The Hall–Kier alpha value is -6.91. The molecule has 5 rings (SSSR count). The molecule has 0 aliphatic carbocycles. The molecular formula is C78H99BrO8. The smallest absolute Gasteiger partial charge is 0.322 e. The molecule has 0 amide bonds. The summed E-state index contributed by atoms with van der Waals surface area (Å²) in [7, 11) is 0. The number of hydrogen-bond donors (Lipinski definition) is 0. The summed E-state index contributed by atoms with van der Waals surface area (Å²) in [5.74, 6) is 31.4. The molecule has 0 aliphatic rings. The Labute approximate surface area is 533 Å². The lowest BCUT2D eigenvalue weighted by Gasteiger charge is -2.15. The predicted octanol–water partition coefficient (Wildman–Crippen LogP) is 19.7. The standard InChI is InChI=1S/C78H99BrO8/c1-8-13-18-31-50-81-71-59-67(73(83-52-33-20-15-10-3)57-65(71)44-42-63-38-27-25-28-39-63)46-48-69-62-76(86-55-36-23-24-37-56-87-77(80)78(6,7)79)70(61-75(69)85-54-35-22-17-12-5)49-47-68-60-72(82-51-32-19-14-9-2)66(45-43-64-40-29-26-30-41-64)58-74(68)84-53-34-21-16-11-4/h25-30,38-41,57-62H,8-24,31-37,50-56H2,1-7H3. The maximum atomic E-state index is 12.4. The first-order valence-corrected chi connectivity index (χ1v) is 33.7. The molecule has 5 aromatic rings. The van der Waals surface area contributed by atoms with Crippen LogP contribution in [-0.4, -0.2) is 56.5 Å². The largest absolute Gasteiger partial charge is 0.492 e. The van der Waals surface area contributed by atoms with Crippen LogP contribution in [0.2, 0.25) is 0 Å². The molecule has 466 valence electrons. The van der Waals surface area contributed by atoms with Crippen molar-refractivity contribution in [3.8, 4) is 81.9 Å². The Kier molecular flexibility index (Phi) is 34.9. The van der Waals surface area contributed by atoms with E-state index in [0.717, 1.165) is 176 Å². The second-order valence-electron chi connectivity index (χ2n) is 22.7. The summed E-state index contributed by atoms with van der Waals surface area (Å²) in [5, 5.41) is 0. The van der Waals surface area contributed by atoms with Gasteiger partial charge in [-0.1, -0.05) is 231 Å². The van der Waals surface area contributed by atoms with Crippen molar-refractivity contribution in [3.05, 3.63) is 142 Å². The van der Waals surface area contributed by atoms with E-state index in [0.29, 0.717) is 103 Å². The van der Waals surface area contributed by atoms with E-state index in [9.17, 15) is 4.79 Å². The van der Waals surface area contributed by atoms with Gasteiger partial charge in [-0.15, -0.1) is 0 Å². The Morgan fingerprint density at radius 2 is 0.540 bits per heavy atom. The van der Waals surface area contributed by atoms with Gasteiger partial charge in [-0.05, 0) is 95.9 Å². The monoisotopic (exact) mass is 1240 g/mol. The first-order valence-electron chi connectivity index (χ1n) is 32.9. The number of halogens is 1. The zero-order valence-corrected chi connectivity index (χ0v) is 55.4. The summed E-state index contributed by atoms with van der Waals surface area (Å²) in [6.45, 7) is 18.2. The third-order valence-electron chi connectivity index (χ3n) is 14.4. The maximum absolute atomic E-state index is 12.4. The van der Waals surface area contributed by atoms with Gasteiger partial charge in [-0.2, -0.15) is 0 Å². The van der Waals surface area contributed by atoms with Crippen molar-refractivity contribution < 1.29 is 38.0 Å². The van der Waals surface area contributed by atoms with Gasteiger partial charge in [0.05, 0.1) is 79.6 Å². The van der Waals surface area contributed by atoms with Crippen LogP contribution in [0.3, 0.4) is 0 Å². The third-order valence-corrected chi connectivity index (χ3v) is 14.8. The van der Waals surface area contributed by atoms with E-state index < -0.39 is 4.32 Å². The van der Waals surface area contributed by atoms with Crippen molar-refractivity contribution in [1.82, 2.24) is 0 Å². The van der Waals surface area contributed by atoms with E-state index in [-0.39, 0.29) is 5.97 Å². The van der Waals surface area contributed by atoms with Crippen LogP contribution < -0.4 is 28.4 Å². The quantitative estimate of drug-likeness (QED) is 0.0167. The molecule has 0 fully saturated rings. The summed E-state index contributed by atoms with van der Waals surface area (Å²) < 4.78 is 44.8. The first-order chi connectivity index (χ1) is 42.6. The SMILES string of the molecule is CCCCCCOc1cc(C#Cc2cc(OCCCCCCOC(=O)C(C)(C)Br)c(C#Cc3cc(OCCCCCC)c(C#Cc4ccccc4)cc3OCCCCCC)cc2OCCCCCC)c(OCCCCCC)cc1C#Cc1ccccc1. The number of rotatable bonds is 39. The third kappa shape index (κ3) is 28.2. The summed E-state index contributed by atoms with van der Waals surface area (Å²) in [6.07, 6.45) is 24.7. The average molecular weight is 1240 g/mol. The van der Waals surface area contributed by atoms with Crippen molar-refractivity contribution >= 4 is 21.9 Å². The van der Waals surface area contributed by atoms with Gasteiger partial charge < -0.3 is 33.2 Å². The lowest BCUT2D eigenvalue weighted by Crippen LogP contribution is -2.26. The van der Waals surface area contributed by atoms with Gasteiger partial charge in [-0.25, -0.2) is 0 Å². The lowest BCUT2D eigenvalue weighted by molar-refractivity contribution is -0.145. The summed E-state index contributed by atoms with van der Waals surface area (Å²) >= 11 is 3.41. The van der Waals surface area contributed by atoms with Crippen molar-refractivity contribution in [2.24, 2.45) is 0 Å². The van der Waals surface area contributed by atoms with Crippen LogP contribution >= 0.6 is 15.9 Å². The topological polar surface area (TPSA) is 81.7 Å². The Morgan fingerprint density at radius 3 is 0.770 bits per heavy atom. The van der Waals surface area contributed by atoms with Crippen LogP contribution in [0.4, 0.5) is 0 Å². The predicted molar refractivity (Wildman–Crippen MR) is 362 cm³/mol. The molecule has 0 unspecified atom stereocenters. The lowest BCUT2D eigenvalue weighted by atomic mass is 10.0. The molecule has 87 heavy (non-hydrogen) atoms. The molecule has 0 heterocycles. The van der Waals surface area contributed by atoms with Crippen molar-refractivity contribution in [1.29, 1.82) is 0 Å². The molecule has 0 spiro atoms. The van der Waals surface area contributed by atoms with Crippen LogP contribution in [0.15, 0.2) is 97.1 Å². The van der Waals surface area contributed by atoms with Crippen LogP contribution in [-0.2, 0) is 9.53 Å². The molecule has 0 N–H and O–H groups in total. The summed E-state index contributed by atoms with van der Waals surface area (Å²) in [6, 6.07) is 32.0. The number of benzene rings is 5. The number of ether oxygens (including phenoxy) is 7. The fraction of sp³-hybridized carbons (Fsp3) is 0.500. The van der Waals surface area contributed by atoms with Gasteiger partial charge in [0.25, 0.3) is 0 Å². The molecule has 0 aromatic heterocycles. The molecule has 0 radical (unpaired) electrons. The van der Waals surface area contributed by atoms with Crippen LogP contribution in [0.1, 0.15) is 247 Å². The highest BCUT2D eigenvalue weighted by atomic mass is 79.9. The minimum absolute atomic E-state index is 0.265. The Bertz CT molecular complexity index is 3040. The highest BCUT2D eigenvalue weighted by Crippen LogP contribution is 2.34. The van der Waals surface area contributed by atoms with E-state index in [4.69, 9.17) is 33.2 Å². The van der Waals surface area contributed by atoms with E-state index >= 15 is 0 Å². The van der Waals surface area contributed by atoms with Gasteiger partial charge in [-0.3, -0.25) is 4.79 Å². The van der Waals surface area contributed by atoms with E-state index in [2.05, 4.69) is 97.9 Å². The molecule has 0 saturated carbocycles. The van der Waals surface area contributed by atoms with Gasteiger partial charge in [0, 0.05) is 47.5 Å². The molecule has 0 atom stereocenters. The Balaban J connectivity index is 1.67. The average Bonchev–Trinajstić information content (AvgIpc) is 3.15. The minimum atomic E-state index is -0.717. The normalized spacial score (nSPS) is 10.7. The van der Waals surface area contributed by atoms with E-state index in [1.807, 2.05) is 97.1 Å². The van der Waals surface area contributed by atoms with Gasteiger partial charge in [0.15, 0.2) is 0 Å². The molecular weight excluding hydrogens is 1140 g/mol. The number of alkyl halides is 1. The molecule has 5 aromatic carbocycles. The van der Waals surface area contributed by atoms with Crippen LogP contribution in [0.25, 0.3) is 0 Å². The molecule has 9 heteroatoms. The fourth-order valence-corrected chi connectivity index (χ4v) is 9.32. The van der Waals surface area contributed by atoms with Crippen molar-refractivity contribution in [2.45, 2.75) is 207 Å². The molecule has 0 aliphatic heterocycles. The van der Waals surface area contributed by atoms with Crippen LogP contribution in [0.5, 0.6) is 34.5 Å². The molecule has 8 nitrogen and oxygen atoms in total. The molecule has 0 saturated heterocycles. The van der Waals surface area contributed by atoms with Crippen LogP contribution in [0, 0.1) is 47.4 Å². The van der Waals surface area contributed by atoms with Gasteiger partial charge >= 0.3 is 5.97 Å². The number of carbonyl (C=O) groups is 1. The zero-order valence-electron chi connectivity index (χ0n) is 53.8. The number of hydrogen-bond acceptors (Lipinski definition) is 8. The maximum Gasteiger partial charge on any atom is 0.322 e. The zero-order chi connectivity index (χ0) is 62.0. The molecule has 0 bridgehead atoms. The van der Waals surface area contributed by atoms with E-state index in [1.54, 1.807) is 13.8 Å². The fourth-order valence-electron chi connectivity index (χ4n) is 9.20. The number of esters is 1. The van der Waals surface area contributed by atoms with Crippen molar-refractivity contribution in [2.75, 3.05) is 46.2 Å². The summed E-state index contributed by atoms with van der Waals surface area (Å²) in [5.41, 5.74) is 6.08. The van der Waals surface area contributed by atoms with Gasteiger partial charge in [0.2, 0.25) is 0 Å². The highest BCUT2D eigenvalue weighted by Gasteiger charge is 2.25. The number of carbonyl (C=O) groups excluding carboxylic acids is 1. The second kappa shape index (κ2) is 42.9. The first kappa shape index (κ1) is 70.8. The summed E-state index contributed by atoms with van der Waals surface area (Å²) in [4.78, 5) is 12.4. The van der Waals surface area contributed by atoms with E-state index in [1.165, 1.54) is 0 Å². The second-order valence-corrected chi connectivity index (χ2v) is 24.7. The Morgan fingerprint density at radius 1 is 0.322 bits per heavy atom. The highest BCUT2D eigenvalue weighted by molar-refractivity contribution is 9.10.